The van der Waals surface area contributed by atoms with Crippen molar-refractivity contribution in [2.24, 2.45) is 36.1 Å². The lowest BCUT2D eigenvalue weighted by molar-refractivity contribution is -0.142. The molecule has 2 saturated heterocycles. The zero-order valence-electron chi connectivity index (χ0n) is 27.4. The molecule has 0 radical (unpaired) electrons. The number of fused-ring (bicyclic) bond motifs is 5. The number of carbonyl (C=O) groups is 5. The first-order chi connectivity index (χ1) is 23.8. The fourth-order valence-corrected chi connectivity index (χ4v) is 10.3. The average Bonchev–Trinajstić information content (AvgIpc) is 3.74. The highest BCUT2D eigenvalue weighted by atomic mass is 35.5. The molecule has 13 heteroatoms. The van der Waals surface area contributed by atoms with Gasteiger partial charge in [0.25, 0.3) is 0 Å². The molecule has 4 amide bonds. The summed E-state index contributed by atoms with van der Waals surface area (Å²) in [6.07, 6.45) is 1.97. The minimum absolute atomic E-state index is 0.00378. The van der Waals surface area contributed by atoms with E-state index in [-0.39, 0.29) is 31.6 Å². The molecule has 0 unspecified atom stereocenters. The molecule has 256 valence electrons. The van der Waals surface area contributed by atoms with Crippen molar-refractivity contribution in [1.29, 1.82) is 0 Å². The summed E-state index contributed by atoms with van der Waals surface area (Å²) < 4.78 is 2.57. The van der Waals surface area contributed by atoms with Crippen LogP contribution in [0.3, 0.4) is 0 Å². The number of nitrogens with zero attached hydrogens (tertiary/aromatic N) is 4. The molecule has 3 fully saturated rings. The summed E-state index contributed by atoms with van der Waals surface area (Å²) in [6.45, 7) is 3.55. The number of aromatic hydroxyl groups is 1. The Hall–Kier alpha value is -4.81. The third-order valence-electron chi connectivity index (χ3n) is 11.3. The summed E-state index contributed by atoms with van der Waals surface area (Å²) in [7, 11) is 1.69. The molecule has 6 atom stereocenters. The highest BCUT2D eigenvalue weighted by molar-refractivity contribution is 7.22. The molecule has 2 aromatic carbocycles. The van der Waals surface area contributed by atoms with Crippen LogP contribution in [0.4, 0.5) is 5.82 Å². The molecule has 8 rings (SSSR count). The van der Waals surface area contributed by atoms with Crippen LogP contribution < -0.4 is 4.90 Å². The summed E-state index contributed by atoms with van der Waals surface area (Å²) in [5.41, 5.74) is 1.71. The Balaban J connectivity index is 1.22. The van der Waals surface area contributed by atoms with Crippen molar-refractivity contribution in [2.75, 3.05) is 11.4 Å². The van der Waals surface area contributed by atoms with Gasteiger partial charge in [-0.1, -0.05) is 35.4 Å². The summed E-state index contributed by atoms with van der Waals surface area (Å²) in [5.74, 6) is -6.03. The normalized spacial score (nSPS) is 27.5. The smallest absolute Gasteiger partial charge is 0.305 e. The number of hydrogen-bond donors (Lipinski definition) is 2. The zero-order valence-corrected chi connectivity index (χ0v) is 29.0. The van der Waals surface area contributed by atoms with Gasteiger partial charge in [-0.3, -0.25) is 33.6 Å². The monoisotopic (exact) mass is 712 g/mol. The molecule has 2 aliphatic carbocycles. The first kappa shape index (κ1) is 32.4. The second-order valence-corrected chi connectivity index (χ2v) is 15.4. The van der Waals surface area contributed by atoms with E-state index < -0.39 is 64.6 Å². The van der Waals surface area contributed by atoms with Gasteiger partial charge >= 0.3 is 5.97 Å². The van der Waals surface area contributed by atoms with Crippen LogP contribution in [0.15, 0.2) is 60.2 Å². The van der Waals surface area contributed by atoms with Crippen molar-refractivity contribution < 1.29 is 34.2 Å². The van der Waals surface area contributed by atoms with Crippen LogP contribution in [0.2, 0.25) is 5.02 Å². The largest absolute Gasteiger partial charge is 0.508 e. The number of aromatic nitrogens is 2. The van der Waals surface area contributed by atoms with Crippen molar-refractivity contribution in [3.05, 3.63) is 76.3 Å². The number of rotatable bonds is 6. The van der Waals surface area contributed by atoms with E-state index >= 15 is 0 Å². The Labute approximate surface area is 295 Å². The number of hydrogen-bond acceptors (Lipinski definition) is 8. The lowest BCUT2D eigenvalue weighted by Crippen LogP contribution is -2.48. The molecule has 0 bridgehead atoms. The number of amides is 4. The second kappa shape index (κ2) is 11.4. The first-order valence-corrected chi connectivity index (χ1v) is 17.7. The van der Waals surface area contributed by atoms with E-state index in [1.807, 2.05) is 37.3 Å². The molecule has 4 aliphatic rings. The lowest BCUT2D eigenvalue weighted by Gasteiger charge is -2.49. The minimum Gasteiger partial charge on any atom is -0.508 e. The number of thiophene rings is 1. The first-order valence-electron chi connectivity index (χ1n) is 16.5. The SMILES string of the molecule is Cc1c(-c2cc(N3C(=O)[C@@H]4C[C@@H]5C(=CC[C@@H]6C(=O)N(CCC(=O)O)C(=O)[C@@H]65)[C@H](c5cccc(O)c5)[C@]4(C)C3=O)n(C)n2)sc2ccc(Cl)cc12. The number of benzene rings is 2. The van der Waals surface area contributed by atoms with Crippen LogP contribution >= 0.6 is 22.9 Å². The molecule has 2 N–H and O–H groups in total. The van der Waals surface area contributed by atoms with Gasteiger partial charge in [0.05, 0.1) is 34.5 Å². The standard InChI is InChI=1S/C37H33ClN4O7S/c1-17-23-14-19(38)7-10-27(23)50-32(17)26-16-28(40(3)39-26)42-34(47)25-15-24-21(31(37(25,2)36(42)49)18-5-4-6-20(43)13-18)8-9-22-30(24)35(48)41(33(22)46)12-11-29(44)45/h4-8,10,13-14,16,22,24-25,30-31,43H,9,11-12,15H2,1-3H3,(H,44,45)/t22-,24+,25-,30-,31-,37+/m0/s1. The van der Waals surface area contributed by atoms with E-state index in [2.05, 4.69) is 0 Å². The maximum absolute atomic E-state index is 14.9. The molecule has 11 nitrogen and oxygen atoms in total. The summed E-state index contributed by atoms with van der Waals surface area (Å²) >= 11 is 7.83. The van der Waals surface area contributed by atoms with Crippen LogP contribution in [-0.2, 0) is 31.0 Å². The van der Waals surface area contributed by atoms with Gasteiger partial charge in [0.1, 0.15) is 17.3 Å². The molecule has 1 saturated carbocycles. The van der Waals surface area contributed by atoms with Gasteiger partial charge in [-0.25, -0.2) is 4.90 Å². The van der Waals surface area contributed by atoms with Crippen molar-refractivity contribution in [1.82, 2.24) is 14.7 Å². The number of phenolic OH excluding ortho intramolecular Hbond substituents is 1. The van der Waals surface area contributed by atoms with Crippen molar-refractivity contribution >= 4 is 68.4 Å². The predicted octanol–water partition coefficient (Wildman–Crippen LogP) is 5.67. The second-order valence-electron chi connectivity index (χ2n) is 13.9. The number of imide groups is 2. The number of aliphatic carboxylic acids is 1. The Morgan fingerprint density at radius 1 is 1.06 bits per heavy atom. The third-order valence-corrected chi connectivity index (χ3v) is 12.9. The van der Waals surface area contributed by atoms with Gasteiger partial charge in [-0.2, -0.15) is 5.10 Å². The van der Waals surface area contributed by atoms with E-state index in [0.29, 0.717) is 22.1 Å². The molecule has 2 aliphatic heterocycles. The van der Waals surface area contributed by atoms with Crippen molar-refractivity contribution in [2.45, 2.75) is 39.0 Å². The Morgan fingerprint density at radius 2 is 1.84 bits per heavy atom. The van der Waals surface area contributed by atoms with Gasteiger partial charge in [-0.15, -0.1) is 11.3 Å². The third kappa shape index (κ3) is 4.54. The molecule has 50 heavy (non-hydrogen) atoms. The van der Waals surface area contributed by atoms with Crippen molar-refractivity contribution in [3.8, 4) is 16.3 Å². The van der Waals surface area contributed by atoms with Crippen LogP contribution in [0.25, 0.3) is 20.7 Å². The van der Waals surface area contributed by atoms with Crippen LogP contribution in [0, 0.1) is 36.0 Å². The number of anilines is 1. The topological polar surface area (TPSA) is 150 Å². The highest BCUT2D eigenvalue weighted by Gasteiger charge is 2.68. The van der Waals surface area contributed by atoms with E-state index in [1.54, 1.807) is 43.5 Å². The van der Waals surface area contributed by atoms with Gasteiger partial charge in [-0.05, 0) is 79.5 Å². The molecule has 4 aromatic rings. The fraction of sp³-hybridized carbons (Fsp3) is 0.351. The maximum atomic E-state index is 14.9. The van der Waals surface area contributed by atoms with Gasteiger partial charge in [0.15, 0.2) is 0 Å². The molecular weight excluding hydrogens is 680 g/mol. The Bertz CT molecular complexity index is 2220. The van der Waals surface area contributed by atoms with E-state index in [0.717, 1.165) is 31.0 Å². The highest BCUT2D eigenvalue weighted by Crippen LogP contribution is 2.63. The molecular formula is C37H33ClN4O7S. The summed E-state index contributed by atoms with van der Waals surface area (Å²) in [5, 5.41) is 26.2. The predicted molar refractivity (Wildman–Crippen MR) is 185 cm³/mol. The zero-order chi connectivity index (χ0) is 35.4. The minimum atomic E-state index is -1.29. The lowest BCUT2D eigenvalue weighted by atomic mass is 9.51. The number of allylic oxidation sites excluding steroid dienone is 2. The fourth-order valence-electron chi connectivity index (χ4n) is 9.03. The number of halogens is 1. The van der Waals surface area contributed by atoms with Crippen LogP contribution in [-0.4, -0.2) is 61.0 Å². The molecule has 2 aromatic heterocycles. The van der Waals surface area contributed by atoms with Crippen LogP contribution in [0.5, 0.6) is 5.75 Å². The van der Waals surface area contributed by atoms with Gasteiger partial charge in [0, 0.05) is 35.3 Å². The molecule has 0 spiro atoms. The van der Waals surface area contributed by atoms with Crippen molar-refractivity contribution in [3.63, 3.8) is 0 Å². The number of carboxylic acids is 1. The average molecular weight is 713 g/mol. The van der Waals surface area contributed by atoms with E-state index in [9.17, 15) is 34.2 Å². The summed E-state index contributed by atoms with van der Waals surface area (Å²) in [4.78, 5) is 71.3. The van der Waals surface area contributed by atoms with E-state index in [1.165, 1.54) is 15.6 Å². The number of carboxylic acid groups (broad SMARTS) is 1. The van der Waals surface area contributed by atoms with Gasteiger partial charge in [0.2, 0.25) is 23.6 Å². The quantitative estimate of drug-likeness (QED) is 0.192. The van der Waals surface area contributed by atoms with Gasteiger partial charge < -0.3 is 10.2 Å². The number of phenols is 1. The maximum Gasteiger partial charge on any atom is 0.305 e. The molecule has 4 heterocycles. The number of likely N-dealkylation sites (tertiary alicyclic amines) is 1. The van der Waals surface area contributed by atoms with Crippen LogP contribution in [0.1, 0.15) is 43.2 Å². The summed E-state index contributed by atoms with van der Waals surface area (Å²) in [6, 6.07) is 14.1. The Morgan fingerprint density at radius 3 is 2.58 bits per heavy atom. The number of aryl methyl sites for hydroxylation is 2. The van der Waals surface area contributed by atoms with E-state index in [4.69, 9.17) is 16.7 Å². The Kier molecular flexibility index (Phi) is 7.36. The number of carbonyl (C=O) groups excluding carboxylic acids is 4.